The molecule has 0 radical (unpaired) electrons. The lowest BCUT2D eigenvalue weighted by molar-refractivity contribution is 0.368. The zero-order chi connectivity index (χ0) is 12.4. The predicted molar refractivity (Wildman–Crippen MR) is 69.1 cm³/mol. The van der Waals surface area contributed by atoms with Crippen molar-refractivity contribution in [3.05, 3.63) is 0 Å². The first-order valence-corrected chi connectivity index (χ1v) is 6.93. The minimum Gasteiger partial charge on any atom is -0.591 e. The Hall–Kier alpha value is -0.0600. The van der Waals surface area contributed by atoms with Crippen LogP contribution in [0.15, 0.2) is 4.40 Å². The van der Waals surface area contributed by atoms with E-state index in [1.165, 1.54) is 0 Å². The molecule has 0 N–H and O–H groups in total. The third kappa shape index (κ3) is 1.71. The number of rotatable bonds is 2. The fraction of sp³-hybridized carbons (Fsp3) is 0.917. The fourth-order valence-electron chi connectivity index (χ4n) is 2.18. The van der Waals surface area contributed by atoms with Crippen LogP contribution < -0.4 is 0 Å². The summed E-state index contributed by atoms with van der Waals surface area (Å²) in [5, 5.41) is 0. The van der Waals surface area contributed by atoms with Gasteiger partial charge in [0.25, 0.3) is 0 Å². The van der Waals surface area contributed by atoms with Gasteiger partial charge in [-0.15, -0.1) is 0 Å². The van der Waals surface area contributed by atoms with Crippen LogP contribution in [0.2, 0.25) is 0 Å². The first-order valence-electron chi connectivity index (χ1n) is 5.82. The maximum absolute atomic E-state index is 11.9. The average molecular weight is 242 g/mol. The van der Waals surface area contributed by atoms with Gasteiger partial charge >= 0.3 is 0 Å². The molecule has 0 spiro atoms. The van der Waals surface area contributed by atoms with E-state index >= 15 is 0 Å². The molecule has 2 rings (SSSR count). The molecule has 4 heteroatoms. The van der Waals surface area contributed by atoms with Crippen LogP contribution in [0.4, 0.5) is 0 Å². The molecule has 0 amide bonds. The van der Waals surface area contributed by atoms with Crippen molar-refractivity contribution >= 4 is 17.1 Å². The van der Waals surface area contributed by atoms with Crippen molar-refractivity contribution in [2.45, 2.75) is 51.3 Å². The molecule has 3 nitrogen and oxygen atoms in total. The van der Waals surface area contributed by atoms with Gasteiger partial charge in [0.15, 0.2) is 0 Å². The summed E-state index contributed by atoms with van der Waals surface area (Å²) >= 11 is -1.10. The van der Waals surface area contributed by atoms with Gasteiger partial charge in [0.1, 0.15) is 16.1 Å². The van der Waals surface area contributed by atoms with E-state index in [9.17, 15) is 4.55 Å². The van der Waals surface area contributed by atoms with Crippen LogP contribution in [-0.4, -0.2) is 39.0 Å². The largest absolute Gasteiger partial charge is 0.591 e. The highest BCUT2D eigenvalue weighted by atomic mass is 32.2. The Balaban J connectivity index is 2.09. The van der Waals surface area contributed by atoms with Crippen molar-refractivity contribution in [3.63, 3.8) is 0 Å². The molecule has 1 saturated heterocycles. The number of likely N-dealkylation sites (N-methyl/N-ethyl adjacent to an activating group) is 1. The smallest absolute Gasteiger partial charge is 0.144 e. The zero-order valence-corrected chi connectivity index (χ0v) is 11.9. The van der Waals surface area contributed by atoms with Crippen LogP contribution >= 0.6 is 0 Å². The standard InChI is InChI=1S/C12H22N2OS/c1-10(2,3)16(15)13-9-7-11(9,4)12(5)8-14(12)6/h7-8H2,1-6H3. The van der Waals surface area contributed by atoms with Crippen LogP contribution in [0.5, 0.6) is 0 Å². The third-order valence-corrected chi connectivity index (χ3v) is 5.66. The summed E-state index contributed by atoms with van der Waals surface area (Å²) < 4.78 is 16.1. The Morgan fingerprint density at radius 1 is 1.38 bits per heavy atom. The van der Waals surface area contributed by atoms with Gasteiger partial charge in [0.05, 0.1) is 5.71 Å². The Bertz CT molecular complexity index is 349. The van der Waals surface area contributed by atoms with Gasteiger partial charge in [-0.1, -0.05) is 11.3 Å². The molecule has 1 saturated carbocycles. The van der Waals surface area contributed by atoms with Gasteiger partial charge in [-0.2, -0.15) is 0 Å². The van der Waals surface area contributed by atoms with Crippen molar-refractivity contribution in [1.29, 1.82) is 0 Å². The van der Waals surface area contributed by atoms with Gasteiger partial charge in [0, 0.05) is 23.9 Å². The minimum atomic E-state index is -1.10. The van der Waals surface area contributed by atoms with Crippen molar-refractivity contribution < 1.29 is 4.55 Å². The lowest BCUT2D eigenvalue weighted by Crippen LogP contribution is -2.28. The molecule has 0 aromatic carbocycles. The summed E-state index contributed by atoms with van der Waals surface area (Å²) in [6.07, 6.45) is 1.01. The molecule has 4 unspecified atom stereocenters. The SMILES string of the molecule is CN1CC1(C)C1(C)CC1=N[S+]([O-])C(C)(C)C. The molecule has 1 aliphatic carbocycles. The summed E-state index contributed by atoms with van der Waals surface area (Å²) in [6, 6.07) is 0. The van der Waals surface area contributed by atoms with E-state index in [0.717, 1.165) is 18.7 Å². The summed E-state index contributed by atoms with van der Waals surface area (Å²) in [5.74, 6) is 0. The van der Waals surface area contributed by atoms with Crippen molar-refractivity contribution in [2.24, 2.45) is 9.81 Å². The molecule has 0 bridgehead atoms. The molecule has 16 heavy (non-hydrogen) atoms. The number of hydrogen-bond donors (Lipinski definition) is 0. The molecule has 92 valence electrons. The van der Waals surface area contributed by atoms with Gasteiger partial charge in [-0.25, -0.2) is 0 Å². The van der Waals surface area contributed by atoms with Gasteiger partial charge < -0.3 is 4.55 Å². The quantitative estimate of drug-likeness (QED) is 0.549. The average Bonchev–Trinajstić information content (AvgIpc) is 2.93. The third-order valence-electron chi connectivity index (χ3n) is 4.22. The Morgan fingerprint density at radius 2 is 1.88 bits per heavy atom. The lowest BCUT2D eigenvalue weighted by Gasteiger charge is -2.19. The highest BCUT2D eigenvalue weighted by Crippen LogP contribution is 2.59. The van der Waals surface area contributed by atoms with Gasteiger partial charge in [0.2, 0.25) is 0 Å². The lowest BCUT2D eigenvalue weighted by atomic mass is 9.92. The van der Waals surface area contributed by atoms with Crippen LogP contribution in [0, 0.1) is 5.41 Å². The predicted octanol–water partition coefficient (Wildman–Crippen LogP) is 2.00. The van der Waals surface area contributed by atoms with Crippen LogP contribution in [0.1, 0.15) is 41.0 Å². The van der Waals surface area contributed by atoms with Crippen LogP contribution in [-0.2, 0) is 11.4 Å². The maximum Gasteiger partial charge on any atom is 0.144 e. The van der Waals surface area contributed by atoms with Crippen LogP contribution in [0.25, 0.3) is 0 Å². The Labute approximate surface area is 102 Å². The normalized spacial score (nSPS) is 46.9. The van der Waals surface area contributed by atoms with Crippen molar-refractivity contribution in [1.82, 2.24) is 4.90 Å². The molecule has 0 aromatic rings. The second-order valence-electron chi connectivity index (χ2n) is 6.54. The molecule has 2 aliphatic rings. The molecule has 2 fully saturated rings. The topological polar surface area (TPSA) is 38.4 Å². The molecule has 1 heterocycles. The first-order chi connectivity index (χ1) is 7.11. The van der Waals surface area contributed by atoms with E-state index in [4.69, 9.17) is 0 Å². The van der Waals surface area contributed by atoms with E-state index in [2.05, 4.69) is 30.2 Å². The fourth-order valence-corrected chi connectivity index (χ4v) is 2.92. The molecular formula is C12H22N2OS. The summed E-state index contributed by atoms with van der Waals surface area (Å²) in [6.45, 7) is 11.6. The second-order valence-corrected chi connectivity index (χ2v) is 8.44. The summed E-state index contributed by atoms with van der Waals surface area (Å²) in [7, 11) is 2.14. The van der Waals surface area contributed by atoms with Gasteiger partial charge in [-0.05, 0) is 34.7 Å². The Morgan fingerprint density at radius 3 is 2.25 bits per heavy atom. The number of nitrogens with zero attached hydrogens (tertiary/aromatic N) is 2. The van der Waals surface area contributed by atoms with E-state index in [0.29, 0.717) is 0 Å². The van der Waals surface area contributed by atoms with E-state index in [1.54, 1.807) is 0 Å². The minimum absolute atomic E-state index is 0.169. The highest BCUT2D eigenvalue weighted by molar-refractivity contribution is 7.91. The summed E-state index contributed by atoms with van der Waals surface area (Å²) in [5.41, 5.74) is 1.57. The van der Waals surface area contributed by atoms with Crippen LogP contribution in [0.3, 0.4) is 0 Å². The first kappa shape index (κ1) is 12.4. The van der Waals surface area contributed by atoms with E-state index < -0.39 is 11.4 Å². The zero-order valence-electron chi connectivity index (χ0n) is 11.1. The molecule has 4 atom stereocenters. The highest BCUT2D eigenvalue weighted by Gasteiger charge is 2.69. The van der Waals surface area contributed by atoms with E-state index in [1.807, 2.05) is 20.8 Å². The number of hydrogen-bond acceptors (Lipinski definition) is 3. The summed E-state index contributed by atoms with van der Waals surface area (Å²) in [4.78, 5) is 2.34. The molecule has 0 aromatic heterocycles. The van der Waals surface area contributed by atoms with Gasteiger partial charge in [-0.3, -0.25) is 4.90 Å². The van der Waals surface area contributed by atoms with Crippen molar-refractivity contribution in [3.8, 4) is 0 Å². The maximum atomic E-state index is 11.9. The second kappa shape index (κ2) is 3.24. The van der Waals surface area contributed by atoms with E-state index in [-0.39, 0.29) is 15.7 Å². The molecular weight excluding hydrogens is 220 g/mol. The molecule has 1 aliphatic heterocycles. The monoisotopic (exact) mass is 242 g/mol. The van der Waals surface area contributed by atoms with Crippen molar-refractivity contribution in [2.75, 3.05) is 13.6 Å². The Kier molecular flexibility index (Phi) is 2.51.